The number of halogens is 1. The largest absolute Gasteiger partial charge is 0.449 e. The molecule has 0 atom stereocenters. The van der Waals surface area contributed by atoms with Crippen LogP contribution in [0.15, 0.2) is 28.7 Å². The van der Waals surface area contributed by atoms with Gasteiger partial charge in [-0.05, 0) is 18.1 Å². The van der Waals surface area contributed by atoms with E-state index >= 15 is 0 Å². The van der Waals surface area contributed by atoms with E-state index in [1.54, 1.807) is 11.9 Å². The van der Waals surface area contributed by atoms with Gasteiger partial charge in [0, 0.05) is 18.1 Å². The van der Waals surface area contributed by atoms with Crippen molar-refractivity contribution in [1.82, 2.24) is 4.90 Å². The number of rotatable bonds is 5. The fourth-order valence-electron chi connectivity index (χ4n) is 1.36. The van der Waals surface area contributed by atoms with Crippen LogP contribution in [0.25, 0.3) is 0 Å². The molecule has 4 heteroatoms. The van der Waals surface area contributed by atoms with Crippen LogP contribution in [-0.4, -0.2) is 24.6 Å². The van der Waals surface area contributed by atoms with E-state index < -0.39 is 0 Å². The zero-order valence-electron chi connectivity index (χ0n) is 10.3. The van der Waals surface area contributed by atoms with Gasteiger partial charge in [-0.3, -0.25) is 0 Å². The first kappa shape index (κ1) is 14.0. The minimum atomic E-state index is -0.269. The molecule has 0 bridgehead atoms. The highest BCUT2D eigenvalue weighted by atomic mass is 79.9. The number of unbranched alkanes of at least 4 members (excludes halogenated alkanes) is 1. The summed E-state index contributed by atoms with van der Waals surface area (Å²) in [6.07, 6.45) is 1.67. The average Bonchev–Trinajstić information content (AvgIpc) is 2.32. The molecule has 0 heterocycles. The number of hydrogen-bond acceptors (Lipinski definition) is 2. The van der Waals surface area contributed by atoms with Crippen molar-refractivity contribution in [1.29, 1.82) is 0 Å². The van der Waals surface area contributed by atoms with E-state index in [0.717, 1.165) is 22.9 Å². The summed E-state index contributed by atoms with van der Waals surface area (Å²) in [6.45, 7) is 3.11. The van der Waals surface area contributed by atoms with Gasteiger partial charge in [0.15, 0.2) is 0 Å². The molecule has 0 saturated heterocycles. The van der Waals surface area contributed by atoms with Crippen molar-refractivity contribution < 1.29 is 9.53 Å². The summed E-state index contributed by atoms with van der Waals surface area (Å²) in [6, 6.07) is 7.86. The summed E-state index contributed by atoms with van der Waals surface area (Å²) in [5, 5.41) is 0. The Labute approximate surface area is 111 Å². The molecule has 0 saturated carbocycles. The number of nitrogens with zero attached hydrogens (tertiary/aromatic N) is 1. The second-order valence-electron chi connectivity index (χ2n) is 3.92. The molecule has 1 rings (SSSR count). The van der Waals surface area contributed by atoms with Crippen molar-refractivity contribution in [2.75, 3.05) is 13.7 Å². The Hall–Kier alpha value is -1.03. The SMILES string of the molecule is CCCCOC(=O)N(C)Cc1ccccc1Br. The molecule has 0 unspecified atom stereocenters. The molecular weight excluding hydrogens is 282 g/mol. The first-order valence-corrected chi connectivity index (χ1v) is 6.55. The van der Waals surface area contributed by atoms with Gasteiger partial charge in [-0.15, -0.1) is 0 Å². The van der Waals surface area contributed by atoms with Gasteiger partial charge in [0.05, 0.1) is 6.61 Å². The van der Waals surface area contributed by atoms with Gasteiger partial charge in [0.25, 0.3) is 0 Å². The normalized spacial score (nSPS) is 10.1. The topological polar surface area (TPSA) is 29.5 Å². The van der Waals surface area contributed by atoms with Crippen LogP contribution in [0.2, 0.25) is 0 Å². The van der Waals surface area contributed by atoms with E-state index in [2.05, 4.69) is 22.9 Å². The van der Waals surface area contributed by atoms with Gasteiger partial charge < -0.3 is 9.64 Å². The second-order valence-corrected chi connectivity index (χ2v) is 4.77. The Morgan fingerprint density at radius 1 is 1.41 bits per heavy atom. The van der Waals surface area contributed by atoms with Gasteiger partial charge >= 0.3 is 6.09 Å². The number of ether oxygens (including phenoxy) is 1. The van der Waals surface area contributed by atoms with Gasteiger partial charge in [0.1, 0.15) is 0 Å². The van der Waals surface area contributed by atoms with Gasteiger partial charge in [-0.2, -0.15) is 0 Å². The number of carbonyl (C=O) groups is 1. The Kier molecular flexibility index (Phi) is 6.05. The van der Waals surface area contributed by atoms with Gasteiger partial charge in [-0.25, -0.2) is 4.79 Å². The summed E-state index contributed by atoms with van der Waals surface area (Å²) >= 11 is 3.46. The highest BCUT2D eigenvalue weighted by Crippen LogP contribution is 2.17. The van der Waals surface area contributed by atoms with Crippen molar-refractivity contribution in [3.63, 3.8) is 0 Å². The fourth-order valence-corrected chi connectivity index (χ4v) is 1.77. The zero-order chi connectivity index (χ0) is 12.7. The average molecular weight is 300 g/mol. The van der Waals surface area contributed by atoms with E-state index in [0.29, 0.717) is 13.2 Å². The minimum absolute atomic E-state index is 0.269. The quantitative estimate of drug-likeness (QED) is 0.774. The summed E-state index contributed by atoms with van der Waals surface area (Å²) in [5.41, 5.74) is 1.07. The number of amides is 1. The zero-order valence-corrected chi connectivity index (χ0v) is 11.9. The van der Waals surface area contributed by atoms with E-state index in [9.17, 15) is 4.79 Å². The first-order chi connectivity index (χ1) is 8.15. The molecule has 1 aromatic rings. The van der Waals surface area contributed by atoms with Crippen LogP contribution in [-0.2, 0) is 11.3 Å². The predicted octanol–water partition coefficient (Wildman–Crippen LogP) is 3.82. The molecule has 0 radical (unpaired) electrons. The molecule has 94 valence electrons. The lowest BCUT2D eigenvalue weighted by Gasteiger charge is -2.17. The lowest BCUT2D eigenvalue weighted by Crippen LogP contribution is -2.27. The van der Waals surface area contributed by atoms with Gasteiger partial charge in [0.2, 0.25) is 0 Å². The third-order valence-corrected chi connectivity index (χ3v) is 3.17. The van der Waals surface area contributed by atoms with Crippen LogP contribution < -0.4 is 0 Å². The minimum Gasteiger partial charge on any atom is -0.449 e. The van der Waals surface area contributed by atoms with Crippen LogP contribution in [0.4, 0.5) is 4.79 Å². The molecule has 0 aromatic heterocycles. The van der Waals surface area contributed by atoms with Crippen LogP contribution >= 0.6 is 15.9 Å². The molecule has 0 spiro atoms. The van der Waals surface area contributed by atoms with Crippen LogP contribution in [0.1, 0.15) is 25.3 Å². The summed E-state index contributed by atoms with van der Waals surface area (Å²) in [4.78, 5) is 13.2. The van der Waals surface area contributed by atoms with E-state index in [1.807, 2.05) is 24.3 Å². The second kappa shape index (κ2) is 7.33. The first-order valence-electron chi connectivity index (χ1n) is 5.76. The van der Waals surface area contributed by atoms with E-state index in [1.165, 1.54) is 0 Å². The predicted molar refractivity (Wildman–Crippen MR) is 71.9 cm³/mol. The molecular formula is C13H18BrNO2. The van der Waals surface area contributed by atoms with Crippen molar-refractivity contribution >= 4 is 22.0 Å². The van der Waals surface area contributed by atoms with Crippen LogP contribution in [0.3, 0.4) is 0 Å². The molecule has 1 aromatic carbocycles. The van der Waals surface area contributed by atoms with E-state index in [-0.39, 0.29) is 6.09 Å². The van der Waals surface area contributed by atoms with Crippen molar-refractivity contribution in [2.45, 2.75) is 26.3 Å². The summed E-state index contributed by atoms with van der Waals surface area (Å²) in [5.74, 6) is 0. The summed E-state index contributed by atoms with van der Waals surface area (Å²) < 4.78 is 6.14. The maximum absolute atomic E-state index is 11.6. The highest BCUT2D eigenvalue weighted by Gasteiger charge is 2.11. The van der Waals surface area contributed by atoms with Crippen molar-refractivity contribution in [3.05, 3.63) is 34.3 Å². The standard InChI is InChI=1S/C13H18BrNO2/c1-3-4-9-17-13(16)15(2)10-11-7-5-6-8-12(11)14/h5-8H,3-4,9-10H2,1-2H3. The lowest BCUT2D eigenvalue weighted by molar-refractivity contribution is 0.107. The number of benzene rings is 1. The fraction of sp³-hybridized carbons (Fsp3) is 0.462. The van der Waals surface area contributed by atoms with Crippen LogP contribution in [0, 0.1) is 0 Å². The highest BCUT2D eigenvalue weighted by molar-refractivity contribution is 9.10. The monoisotopic (exact) mass is 299 g/mol. The third-order valence-electron chi connectivity index (χ3n) is 2.40. The molecule has 0 aliphatic rings. The molecule has 1 amide bonds. The number of carbonyl (C=O) groups excluding carboxylic acids is 1. The maximum atomic E-state index is 11.6. The Morgan fingerprint density at radius 3 is 2.76 bits per heavy atom. The molecule has 17 heavy (non-hydrogen) atoms. The number of hydrogen-bond donors (Lipinski definition) is 0. The third kappa shape index (κ3) is 4.77. The smallest absolute Gasteiger partial charge is 0.409 e. The lowest BCUT2D eigenvalue weighted by atomic mass is 10.2. The molecule has 0 fully saturated rings. The Morgan fingerprint density at radius 2 is 2.12 bits per heavy atom. The maximum Gasteiger partial charge on any atom is 0.409 e. The van der Waals surface area contributed by atoms with E-state index in [4.69, 9.17) is 4.74 Å². The Balaban J connectivity index is 2.46. The Bertz CT molecular complexity index is 368. The molecule has 0 N–H and O–H groups in total. The van der Waals surface area contributed by atoms with Crippen molar-refractivity contribution in [3.8, 4) is 0 Å². The summed E-state index contributed by atoms with van der Waals surface area (Å²) in [7, 11) is 1.74. The van der Waals surface area contributed by atoms with Crippen molar-refractivity contribution in [2.24, 2.45) is 0 Å². The van der Waals surface area contributed by atoms with Crippen LogP contribution in [0.5, 0.6) is 0 Å². The molecule has 3 nitrogen and oxygen atoms in total. The molecule has 0 aliphatic carbocycles. The van der Waals surface area contributed by atoms with Gasteiger partial charge in [-0.1, -0.05) is 47.5 Å². The molecule has 0 aliphatic heterocycles.